The predicted octanol–water partition coefficient (Wildman–Crippen LogP) is 4.31. The number of hydrogen-bond acceptors (Lipinski definition) is 3. The second kappa shape index (κ2) is 8.27. The smallest absolute Gasteiger partial charge is 0.460 e. The largest absolute Gasteiger partial charge is 0.462 e. The molecule has 0 saturated heterocycles. The molecule has 0 aromatic heterocycles. The van der Waals surface area contributed by atoms with Crippen molar-refractivity contribution in [2.45, 2.75) is 36.2 Å². The molecule has 172 valence electrons. The van der Waals surface area contributed by atoms with Crippen molar-refractivity contribution in [3.8, 4) is 0 Å². The molecule has 0 fully saturated rings. The van der Waals surface area contributed by atoms with Gasteiger partial charge in [-0.2, -0.15) is 61.4 Å². The van der Waals surface area contributed by atoms with Crippen LogP contribution in [-0.2, 0) is 20.5 Å². The molecule has 0 saturated carbocycles. The summed E-state index contributed by atoms with van der Waals surface area (Å²) in [7, 11) is -6.08. The Kier molecular flexibility index (Phi) is 7.82. The number of rotatable bonds is 8. The Bertz CT molecular complexity index is 684. The minimum absolute atomic E-state index is 0.575. The van der Waals surface area contributed by atoms with Gasteiger partial charge in [-0.1, -0.05) is 0 Å². The van der Waals surface area contributed by atoms with E-state index >= 15 is 0 Å². The van der Waals surface area contributed by atoms with Gasteiger partial charge in [0.1, 0.15) is 0 Å². The number of halogens is 13. The monoisotopic (exact) mass is 481 g/mol. The highest BCUT2D eigenvalue weighted by Gasteiger charge is 2.84. The van der Waals surface area contributed by atoms with Crippen LogP contribution in [0.25, 0.3) is 0 Å². The van der Waals surface area contributed by atoms with Gasteiger partial charge in [0, 0.05) is 7.05 Å². The summed E-state index contributed by atoms with van der Waals surface area (Å²) in [5, 5.41) is -7.07. The molecule has 0 amide bonds. The van der Waals surface area contributed by atoms with Crippen molar-refractivity contribution in [1.82, 2.24) is 4.31 Å². The third-order valence-electron chi connectivity index (χ3n) is 2.95. The molecule has 0 aromatic rings. The molecule has 0 N–H and O–H groups in total. The summed E-state index contributed by atoms with van der Waals surface area (Å²) in [6, 6.07) is -5.83. The zero-order chi connectivity index (χ0) is 23.8. The van der Waals surface area contributed by atoms with Gasteiger partial charge in [-0.3, -0.25) is 0 Å². The van der Waals surface area contributed by atoms with Crippen LogP contribution in [0.1, 0.15) is 6.92 Å². The van der Waals surface area contributed by atoms with Crippen molar-refractivity contribution in [2.24, 2.45) is 0 Å². The number of hydrogen-bond donors (Lipinski definition) is 0. The van der Waals surface area contributed by atoms with Crippen LogP contribution >= 0.6 is 0 Å². The third kappa shape index (κ3) is 4.61. The van der Waals surface area contributed by atoms with E-state index in [9.17, 15) is 66.1 Å². The van der Waals surface area contributed by atoms with Crippen LogP contribution < -0.4 is 0 Å². The lowest BCUT2D eigenvalue weighted by Crippen LogP contribution is -2.64. The van der Waals surface area contributed by atoms with Crippen molar-refractivity contribution in [2.75, 3.05) is 13.7 Å². The maximum Gasteiger partial charge on any atom is 0.460 e. The van der Waals surface area contributed by atoms with Gasteiger partial charge in [-0.15, -0.1) is 0 Å². The van der Waals surface area contributed by atoms with E-state index < -0.39 is 75.9 Å². The summed E-state index contributed by atoms with van der Waals surface area (Å²) in [4.78, 5) is 11.1. The zero-order valence-electron chi connectivity index (χ0n) is 13.7. The first kappa shape index (κ1) is 27.4. The summed E-state index contributed by atoms with van der Waals surface area (Å²) in [5.41, 5.74) is -3.09. The van der Waals surface area contributed by atoms with Gasteiger partial charge >= 0.3 is 35.3 Å². The van der Waals surface area contributed by atoms with Crippen molar-refractivity contribution in [3.05, 3.63) is 11.7 Å². The average Bonchev–Trinajstić information content (AvgIpc) is 2.51. The lowest BCUT2D eigenvalue weighted by atomic mass is 10.1. The highest BCUT2D eigenvalue weighted by molar-refractivity contribution is 7.83. The first-order valence-electron chi connectivity index (χ1n) is 6.58. The topological polar surface area (TPSA) is 46.6 Å². The molecule has 0 aliphatic heterocycles. The molecule has 0 aliphatic rings. The van der Waals surface area contributed by atoms with Gasteiger partial charge < -0.3 is 4.74 Å². The quantitative estimate of drug-likeness (QED) is 0.225. The third-order valence-corrected chi connectivity index (χ3v) is 4.37. The van der Waals surface area contributed by atoms with Crippen LogP contribution in [0.5, 0.6) is 0 Å². The lowest BCUT2D eigenvalue weighted by Gasteiger charge is -2.36. The summed E-state index contributed by atoms with van der Waals surface area (Å²) in [6.45, 7) is 0.0596. The Hall–Kier alpha value is -1.59. The number of ether oxygens (including phenoxy) is 1. The molecule has 0 heterocycles. The van der Waals surface area contributed by atoms with Crippen LogP contribution in [0.2, 0.25) is 0 Å². The van der Waals surface area contributed by atoms with E-state index in [1.165, 1.54) is 0 Å². The second-order valence-electron chi connectivity index (χ2n) is 4.81. The molecule has 0 radical (unpaired) electrons. The Balaban J connectivity index is 6.33. The molecule has 1 unspecified atom stereocenters. The van der Waals surface area contributed by atoms with Gasteiger partial charge in [-0.05, 0) is 6.92 Å². The van der Waals surface area contributed by atoms with Gasteiger partial charge in [-0.25, -0.2) is 9.00 Å². The van der Waals surface area contributed by atoms with E-state index in [-0.39, 0.29) is 0 Å². The van der Waals surface area contributed by atoms with E-state index in [4.69, 9.17) is 0 Å². The predicted molar refractivity (Wildman–Crippen MR) is 67.6 cm³/mol. The first-order valence-corrected chi connectivity index (χ1v) is 7.69. The fraction of sp³-hybridized carbons (Fsp3) is 0.727. The number of esters is 1. The molecule has 18 heteroatoms. The normalized spacial score (nSPS) is 15.3. The minimum atomic E-state index is -7.57. The van der Waals surface area contributed by atoms with Gasteiger partial charge in [0.05, 0.1) is 6.61 Å². The minimum Gasteiger partial charge on any atom is -0.462 e. The van der Waals surface area contributed by atoms with Crippen molar-refractivity contribution in [3.63, 3.8) is 0 Å². The fourth-order valence-electron chi connectivity index (χ4n) is 1.42. The van der Waals surface area contributed by atoms with E-state index in [1.54, 1.807) is 0 Å². The van der Waals surface area contributed by atoms with Crippen LogP contribution in [0, 0.1) is 0 Å². The SMILES string of the molecule is CCOC(=O)C(=C(F)F)C(F)(F)N(C)S(=O)C(F)(F)C(F)(F)C(F)(F)C(F)(F)F. The van der Waals surface area contributed by atoms with Crippen LogP contribution in [0.4, 0.5) is 57.1 Å². The van der Waals surface area contributed by atoms with E-state index in [2.05, 4.69) is 4.74 Å². The lowest BCUT2D eigenvalue weighted by molar-refractivity contribution is -0.382. The van der Waals surface area contributed by atoms with Crippen molar-refractivity contribution >= 4 is 17.0 Å². The number of nitrogens with zero attached hydrogens (tertiary/aromatic N) is 1. The molecule has 0 rings (SSSR count). The van der Waals surface area contributed by atoms with Gasteiger partial charge in [0.2, 0.25) is 0 Å². The summed E-state index contributed by atoms with van der Waals surface area (Å²) in [6.07, 6.45) is -11.0. The van der Waals surface area contributed by atoms with Crippen LogP contribution in [-0.4, -0.2) is 57.5 Å². The first-order chi connectivity index (χ1) is 12.6. The Morgan fingerprint density at radius 2 is 1.31 bits per heavy atom. The number of carbonyl (C=O) groups is 1. The summed E-state index contributed by atoms with van der Waals surface area (Å²) in [5.74, 6) is -17.7. The highest BCUT2D eigenvalue weighted by atomic mass is 32.2. The summed E-state index contributed by atoms with van der Waals surface area (Å²) >= 11 is 0. The highest BCUT2D eigenvalue weighted by Crippen LogP contribution is 2.55. The standard InChI is InChI=1S/C11H8F13NO3S/c1-3-28-6(26)4(5(12)13)7(14,15)25(2)29(27)11(23,24)9(18,19)8(16,17)10(20,21)22/h3H2,1-2H3. The molecular weight excluding hydrogens is 473 g/mol. The molecule has 0 aliphatic carbocycles. The molecule has 4 nitrogen and oxygen atoms in total. The Morgan fingerprint density at radius 3 is 1.62 bits per heavy atom. The zero-order valence-corrected chi connectivity index (χ0v) is 14.5. The Labute approximate surface area is 154 Å². The Morgan fingerprint density at radius 1 is 0.897 bits per heavy atom. The van der Waals surface area contributed by atoms with Crippen LogP contribution in [0.3, 0.4) is 0 Å². The molecule has 0 aromatic carbocycles. The molecule has 0 bridgehead atoms. The molecule has 1 atom stereocenters. The molecule has 0 spiro atoms. The molecular formula is C11H8F13NO3S. The van der Waals surface area contributed by atoms with Crippen LogP contribution in [0.15, 0.2) is 11.7 Å². The van der Waals surface area contributed by atoms with Crippen molar-refractivity contribution < 1.29 is 70.8 Å². The van der Waals surface area contributed by atoms with E-state index in [0.29, 0.717) is 0 Å². The average molecular weight is 481 g/mol. The van der Waals surface area contributed by atoms with Crippen molar-refractivity contribution in [1.29, 1.82) is 0 Å². The van der Waals surface area contributed by atoms with E-state index in [1.807, 2.05) is 0 Å². The summed E-state index contributed by atoms with van der Waals surface area (Å²) < 4.78 is 181. The number of likely N-dealkylation sites (N-methyl/N-ethyl adjacent to an activating group) is 1. The van der Waals surface area contributed by atoms with Gasteiger partial charge in [0.25, 0.3) is 6.08 Å². The number of alkyl halides is 11. The van der Waals surface area contributed by atoms with Gasteiger partial charge in [0.15, 0.2) is 16.6 Å². The number of carbonyl (C=O) groups excluding carboxylic acids is 1. The maximum absolute atomic E-state index is 13.9. The fourth-order valence-corrected chi connectivity index (χ4v) is 2.41. The maximum atomic E-state index is 13.9. The molecule has 29 heavy (non-hydrogen) atoms. The second-order valence-corrected chi connectivity index (χ2v) is 6.37. The van der Waals surface area contributed by atoms with E-state index in [0.717, 1.165) is 6.92 Å².